The van der Waals surface area contributed by atoms with Gasteiger partial charge in [-0.2, -0.15) is 5.10 Å². The van der Waals surface area contributed by atoms with E-state index in [9.17, 15) is 9.18 Å². The lowest BCUT2D eigenvalue weighted by molar-refractivity contribution is -0.118. The van der Waals surface area contributed by atoms with Crippen LogP contribution in [0, 0.1) is 12.7 Å². The van der Waals surface area contributed by atoms with Crippen molar-refractivity contribution in [3.63, 3.8) is 0 Å². The number of hydrogen-bond acceptors (Lipinski definition) is 4. The molecule has 0 radical (unpaired) electrons. The molecule has 0 bridgehead atoms. The van der Waals surface area contributed by atoms with Crippen LogP contribution in [0.4, 0.5) is 4.39 Å². The van der Waals surface area contributed by atoms with Crippen LogP contribution < -0.4 is 5.43 Å². The summed E-state index contributed by atoms with van der Waals surface area (Å²) in [6.07, 6.45) is 1.29. The number of hydrogen-bond donors (Lipinski definition) is 1. The first-order valence-corrected chi connectivity index (χ1v) is 11.7. The Morgan fingerprint density at radius 2 is 1.97 bits per heavy atom. The number of carbonyl (C=O) groups is 1. The lowest BCUT2D eigenvalue weighted by Crippen LogP contribution is -2.20. The van der Waals surface area contributed by atoms with Crippen LogP contribution in [0.15, 0.2) is 81.5 Å². The minimum Gasteiger partial charge on any atom is -0.314 e. The Morgan fingerprint density at radius 3 is 2.78 bits per heavy atom. The molecule has 0 aliphatic heterocycles. The summed E-state index contributed by atoms with van der Waals surface area (Å²) in [5.41, 5.74) is 6.99. The molecular formula is C24H20BrFN4OS. The number of halogens is 2. The van der Waals surface area contributed by atoms with Crippen LogP contribution in [0.5, 0.6) is 0 Å². The maximum atomic E-state index is 13.8. The van der Waals surface area contributed by atoms with E-state index in [-0.39, 0.29) is 17.2 Å². The summed E-state index contributed by atoms with van der Waals surface area (Å²) in [6.45, 7) is 2.72. The van der Waals surface area contributed by atoms with Crippen molar-refractivity contribution < 1.29 is 9.18 Å². The molecule has 5 nitrogen and oxygen atoms in total. The third kappa shape index (κ3) is 5.44. The number of aryl methyl sites for hydroxylation is 1. The van der Waals surface area contributed by atoms with Crippen molar-refractivity contribution in [2.45, 2.75) is 18.6 Å². The van der Waals surface area contributed by atoms with Gasteiger partial charge < -0.3 is 4.57 Å². The van der Waals surface area contributed by atoms with Crippen molar-refractivity contribution >= 4 is 50.8 Å². The van der Waals surface area contributed by atoms with Crippen LogP contribution in [0.1, 0.15) is 16.7 Å². The van der Waals surface area contributed by atoms with Crippen molar-refractivity contribution in [2.75, 3.05) is 5.75 Å². The Balaban J connectivity index is 1.45. The first-order valence-electron chi connectivity index (χ1n) is 9.90. The Labute approximate surface area is 197 Å². The van der Waals surface area contributed by atoms with E-state index in [1.807, 2.05) is 24.3 Å². The molecule has 1 amide bonds. The van der Waals surface area contributed by atoms with Gasteiger partial charge in [0.15, 0.2) is 5.16 Å². The summed E-state index contributed by atoms with van der Waals surface area (Å²) in [5, 5.41) is 4.62. The minimum absolute atomic E-state index is 0.134. The molecule has 8 heteroatoms. The second-order valence-corrected chi connectivity index (χ2v) is 9.06. The van der Waals surface area contributed by atoms with Crippen LogP contribution >= 0.6 is 27.7 Å². The van der Waals surface area contributed by atoms with Gasteiger partial charge >= 0.3 is 0 Å². The number of thioether (sulfide) groups is 1. The predicted octanol–water partition coefficient (Wildman–Crippen LogP) is 5.54. The number of rotatable bonds is 7. The lowest BCUT2D eigenvalue weighted by atomic mass is 10.1. The first kappa shape index (κ1) is 22.2. The monoisotopic (exact) mass is 510 g/mol. The van der Waals surface area contributed by atoms with E-state index in [0.29, 0.717) is 6.54 Å². The van der Waals surface area contributed by atoms with Crippen molar-refractivity contribution in [1.29, 1.82) is 0 Å². The van der Waals surface area contributed by atoms with Gasteiger partial charge in [-0.05, 0) is 42.8 Å². The van der Waals surface area contributed by atoms with E-state index in [0.717, 1.165) is 26.2 Å². The number of nitrogens with zero attached hydrogens (tertiary/aromatic N) is 3. The van der Waals surface area contributed by atoms with Gasteiger partial charge in [-0.1, -0.05) is 69.7 Å². The summed E-state index contributed by atoms with van der Waals surface area (Å²) in [4.78, 5) is 17.0. The van der Waals surface area contributed by atoms with Gasteiger partial charge in [-0.3, -0.25) is 4.79 Å². The number of carbonyl (C=O) groups excluding carboxylic acids is 1. The topological polar surface area (TPSA) is 59.3 Å². The smallest absolute Gasteiger partial charge is 0.250 e. The molecule has 0 unspecified atom stereocenters. The van der Waals surface area contributed by atoms with Crippen LogP contribution in [-0.2, 0) is 11.3 Å². The van der Waals surface area contributed by atoms with Crippen molar-refractivity contribution in [1.82, 2.24) is 15.0 Å². The summed E-state index contributed by atoms with van der Waals surface area (Å²) in [6, 6.07) is 20.8. The van der Waals surface area contributed by atoms with Crippen molar-refractivity contribution in [3.8, 4) is 0 Å². The van der Waals surface area contributed by atoms with E-state index in [1.54, 1.807) is 12.1 Å². The van der Waals surface area contributed by atoms with Crippen LogP contribution in [0.3, 0.4) is 0 Å². The molecular weight excluding hydrogens is 491 g/mol. The molecule has 4 aromatic rings. The van der Waals surface area contributed by atoms with Gasteiger partial charge in [0.25, 0.3) is 5.91 Å². The zero-order valence-electron chi connectivity index (χ0n) is 17.3. The number of benzene rings is 3. The third-order valence-electron chi connectivity index (χ3n) is 4.76. The fraction of sp³-hybridized carbons (Fsp3) is 0.125. The van der Waals surface area contributed by atoms with Gasteiger partial charge in [0, 0.05) is 10.0 Å². The molecule has 0 fully saturated rings. The van der Waals surface area contributed by atoms with Crippen LogP contribution in [0.2, 0.25) is 0 Å². The highest BCUT2D eigenvalue weighted by Gasteiger charge is 2.13. The predicted molar refractivity (Wildman–Crippen MR) is 131 cm³/mol. The molecule has 3 aromatic carbocycles. The van der Waals surface area contributed by atoms with Crippen molar-refractivity contribution in [3.05, 3.63) is 93.7 Å². The quantitative estimate of drug-likeness (QED) is 0.202. The molecule has 1 aromatic heterocycles. The van der Waals surface area contributed by atoms with Crippen LogP contribution in [0.25, 0.3) is 11.0 Å². The van der Waals surface area contributed by atoms with Gasteiger partial charge in [-0.25, -0.2) is 14.8 Å². The van der Waals surface area contributed by atoms with E-state index in [4.69, 9.17) is 4.98 Å². The fourth-order valence-corrected chi connectivity index (χ4v) is 4.33. The minimum atomic E-state index is -0.412. The van der Waals surface area contributed by atoms with Crippen molar-refractivity contribution in [2.24, 2.45) is 5.10 Å². The highest BCUT2D eigenvalue weighted by Crippen LogP contribution is 2.25. The second-order valence-electron chi connectivity index (χ2n) is 7.20. The molecule has 0 aliphatic rings. The molecule has 1 heterocycles. The normalized spacial score (nSPS) is 11.3. The molecule has 1 N–H and O–H groups in total. The second kappa shape index (κ2) is 10.1. The SMILES string of the molecule is Cc1ccc(Cn2c(SCC(=O)N/N=C/c3cc(Br)ccc3F)nc3ccccc32)cc1. The Hall–Kier alpha value is -2.97. The first-order chi connectivity index (χ1) is 15.5. The number of para-hydroxylation sites is 2. The molecule has 0 aliphatic carbocycles. The number of hydrazone groups is 1. The Kier molecular flexibility index (Phi) is 7.02. The molecule has 4 rings (SSSR count). The summed E-state index contributed by atoms with van der Waals surface area (Å²) >= 11 is 4.63. The van der Waals surface area contributed by atoms with Crippen LogP contribution in [-0.4, -0.2) is 27.4 Å². The highest BCUT2D eigenvalue weighted by molar-refractivity contribution is 9.10. The lowest BCUT2D eigenvalue weighted by Gasteiger charge is -2.09. The number of nitrogens with one attached hydrogen (secondary N) is 1. The van der Waals surface area contributed by atoms with E-state index >= 15 is 0 Å². The maximum Gasteiger partial charge on any atom is 0.250 e. The van der Waals surface area contributed by atoms with E-state index in [1.165, 1.54) is 29.6 Å². The van der Waals surface area contributed by atoms with E-state index < -0.39 is 5.82 Å². The fourth-order valence-electron chi connectivity index (χ4n) is 3.14. The Bertz CT molecular complexity index is 1290. The summed E-state index contributed by atoms with van der Waals surface area (Å²) < 4.78 is 16.6. The number of amides is 1. The standard InChI is InChI=1S/C24H20BrFN4OS/c1-16-6-8-17(9-7-16)14-30-22-5-3-2-4-21(22)28-24(30)32-15-23(31)29-27-13-18-12-19(25)10-11-20(18)26/h2-13H,14-15H2,1H3,(H,29,31)/b27-13+. The number of aromatic nitrogens is 2. The molecule has 0 spiro atoms. The average Bonchev–Trinajstić information content (AvgIpc) is 3.13. The maximum absolute atomic E-state index is 13.8. The molecule has 0 saturated carbocycles. The average molecular weight is 511 g/mol. The Morgan fingerprint density at radius 1 is 1.19 bits per heavy atom. The summed E-state index contributed by atoms with van der Waals surface area (Å²) in [5.74, 6) is -0.573. The molecule has 162 valence electrons. The number of fused-ring (bicyclic) bond motifs is 1. The molecule has 0 saturated heterocycles. The van der Waals surface area contributed by atoms with Gasteiger partial charge in [0.1, 0.15) is 5.82 Å². The summed E-state index contributed by atoms with van der Waals surface area (Å²) in [7, 11) is 0. The van der Waals surface area contributed by atoms with Gasteiger partial charge in [-0.15, -0.1) is 0 Å². The third-order valence-corrected chi connectivity index (χ3v) is 6.23. The largest absolute Gasteiger partial charge is 0.314 e. The highest BCUT2D eigenvalue weighted by atomic mass is 79.9. The van der Waals surface area contributed by atoms with E-state index in [2.05, 4.69) is 62.2 Å². The zero-order chi connectivity index (χ0) is 22.5. The molecule has 32 heavy (non-hydrogen) atoms. The molecule has 0 atom stereocenters. The van der Waals surface area contributed by atoms with Gasteiger partial charge in [0.05, 0.1) is 29.5 Å². The zero-order valence-corrected chi connectivity index (χ0v) is 19.7. The number of imidazole rings is 1. The van der Waals surface area contributed by atoms with Gasteiger partial charge in [0.2, 0.25) is 0 Å².